The van der Waals surface area contributed by atoms with Gasteiger partial charge in [0.25, 0.3) is 0 Å². The van der Waals surface area contributed by atoms with Crippen LogP contribution in [0.4, 0.5) is 0 Å². The quantitative estimate of drug-likeness (QED) is 0.849. The Hall–Kier alpha value is -0.320. The maximum Gasteiger partial charge on any atom is 0.223 e. The maximum absolute atomic E-state index is 11.6. The summed E-state index contributed by atoms with van der Waals surface area (Å²) in [4.78, 5) is 12.3. The molecule has 0 radical (unpaired) electrons. The first-order valence-corrected chi connectivity index (χ1v) is 6.04. The Balaban J connectivity index is 2.63. The van der Waals surface area contributed by atoms with Crippen molar-refractivity contribution in [3.8, 4) is 0 Å². The minimum Gasteiger partial charge on any atom is -0.379 e. The Kier molecular flexibility index (Phi) is 3.75. The number of aliphatic hydroxyl groups is 1. The van der Waals surface area contributed by atoms with Crippen LogP contribution in [0.5, 0.6) is 0 Å². The summed E-state index contributed by atoms with van der Waals surface area (Å²) in [6.07, 6.45) is -0.973. The highest BCUT2D eigenvalue weighted by Gasteiger charge is 2.24. The Morgan fingerprint density at radius 3 is 2.64 bits per heavy atom. The molecule has 0 aliphatic heterocycles. The third-order valence-corrected chi connectivity index (χ3v) is 3.40. The second kappa shape index (κ2) is 4.47. The van der Waals surface area contributed by atoms with Crippen molar-refractivity contribution >= 4 is 28.2 Å². The minimum atomic E-state index is -0.973. The topological polar surface area (TPSA) is 37.3 Å². The van der Waals surface area contributed by atoms with Gasteiger partial charge in [-0.2, -0.15) is 0 Å². The van der Waals surface area contributed by atoms with E-state index in [2.05, 4.69) is 0 Å². The molecule has 1 aromatic heterocycles. The highest BCUT2D eigenvalue weighted by Crippen LogP contribution is 2.31. The van der Waals surface area contributed by atoms with E-state index < -0.39 is 6.10 Å². The van der Waals surface area contributed by atoms with Gasteiger partial charge in [-0.1, -0.05) is 38.6 Å². The highest BCUT2D eigenvalue weighted by atomic mass is 32.2. The molecule has 0 spiro atoms. The Bertz CT molecular complexity index is 298. The molecule has 0 fully saturated rings. The Labute approximate surface area is 92.3 Å². The smallest absolute Gasteiger partial charge is 0.223 e. The van der Waals surface area contributed by atoms with E-state index in [1.54, 1.807) is 6.07 Å². The van der Waals surface area contributed by atoms with Crippen LogP contribution < -0.4 is 0 Å². The van der Waals surface area contributed by atoms with Crippen LogP contribution in [0.15, 0.2) is 17.5 Å². The summed E-state index contributed by atoms with van der Waals surface area (Å²) in [6, 6.07) is 3.61. The fourth-order valence-corrected chi connectivity index (χ4v) is 2.54. The van der Waals surface area contributed by atoms with Gasteiger partial charge in [-0.25, -0.2) is 0 Å². The van der Waals surface area contributed by atoms with Crippen LogP contribution in [-0.2, 0) is 4.79 Å². The fraction of sp³-hybridized carbons (Fsp3) is 0.500. The van der Waals surface area contributed by atoms with Crippen LogP contribution in [0, 0.1) is 0 Å². The first-order valence-electron chi connectivity index (χ1n) is 4.34. The molecule has 0 bridgehead atoms. The number of aliphatic hydroxyl groups excluding tert-OH is 1. The summed E-state index contributed by atoms with van der Waals surface area (Å²) in [7, 11) is 0. The predicted molar refractivity (Wildman–Crippen MR) is 61.6 cm³/mol. The van der Waals surface area contributed by atoms with Crippen molar-refractivity contribution in [1.29, 1.82) is 0 Å². The Morgan fingerprint density at radius 1 is 1.57 bits per heavy atom. The Morgan fingerprint density at radius 2 is 2.21 bits per heavy atom. The summed E-state index contributed by atoms with van der Waals surface area (Å²) in [6.45, 7) is 5.87. The summed E-state index contributed by atoms with van der Waals surface area (Å²) >= 11 is 2.58. The number of rotatable bonds is 2. The van der Waals surface area contributed by atoms with Crippen LogP contribution in [0.25, 0.3) is 0 Å². The average Bonchev–Trinajstić information content (AvgIpc) is 2.51. The summed E-state index contributed by atoms with van der Waals surface area (Å²) < 4.78 is -0.144. The van der Waals surface area contributed by atoms with Crippen molar-refractivity contribution in [2.24, 2.45) is 0 Å². The molecule has 0 unspecified atom stereocenters. The van der Waals surface area contributed by atoms with E-state index in [1.165, 1.54) is 23.1 Å². The van der Waals surface area contributed by atoms with Crippen LogP contribution in [0.2, 0.25) is 0 Å². The van der Waals surface area contributed by atoms with Gasteiger partial charge in [0, 0.05) is 9.62 Å². The lowest BCUT2D eigenvalue weighted by Gasteiger charge is -2.17. The fourth-order valence-electron chi connectivity index (χ4n) is 0.921. The number of carbonyl (C=O) groups excluding carboxylic acids is 1. The summed E-state index contributed by atoms with van der Waals surface area (Å²) in [5.74, 6) is 0. The third-order valence-electron chi connectivity index (χ3n) is 1.44. The average molecular weight is 230 g/mol. The summed E-state index contributed by atoms with van der Waals surface area (Å²) in [5.41, 5.74) is 0. The lowest BCUT2D eigenvalue weighted by Crippen LogP contribution is -2.16. The van der Waals surface area contributed by atoms with E-state index in [4.69, 9.17) is 0 Å². The molecular formula is C10H14O2S2. The van der Waals surface area contributed by atoms with Crippen molar-refractivity contribution in [2.75, 3.05) is 0 Å². The summed E-state index contributed by atoms with van der Waals surface area (Å²) in [5, 5.41) is 11.4. The molecule has 0 saturated heterocycles. The van der Waals surface area contributed by atoms with Crippen molar-refractivity contribution in [3.05, 3.63) is 22.4 Å². The number of thiophene rings is 1. The largest absolute Gasteiger partial charge is 0.379 e. The molecule has 0 saturated carbocycles. The van der Waals surface area contributed by atoms with Gasteiger partial charge in [-0.3, -0.25) is 4.79 Å². The molecule has 14 heavy (non-hydrogen) atoms. The predicted octanol–water partition coefficient (Wildman–Crippen LogP) is 2.84. The van der Waals surface area contributed by atoms with Crippen molar-refractivity contribution in [2.45, 2.75) is 31.6 Å². The lowest BCUT2D eigenvalue weighted by atomic mass is 10.3. The molecule has 1 rings (SSSR count). The zero-order valence-electron chi connectivity index (χ0n) is 8.48. The molecule has 0 aliphatic carbocycles. The molecule has 1 atom stereocenters. The standard InChI is InChI=1S/C10H14O2S2/c1-10(2,3)14-9(12)8(11)7-5-4-6-13-7/h4-6,8,11H,1-3H3/t8-/m1/s1. The molecule has 2 nitrogen and oxygen atoms in total. The van der Waals surface area contributed by atoms with Gasteiger partial charge in [0.1, 0.15) is 0 Å². The maximum atomic E-state index is 11.6. The van der Waals surface area contributed by atoms with E-state index in [0.29, 0.717) is 4.88 Å². The molecule has 0 amide bonds. The van der Waals surface area contributed by atoms with Gasteiger partial charge in [-0.15, -0.1) is 11.3 Å². The van der Waals surface area contributed by atoms with Gasteiger partial charge in [-0.05, 0) is 11.4 Å². The normalized spacial score (nSPS) is 14.0. The first kappa shape index (κ1) is 11.8. The van der Waals surface area contributed by atoms with Gasteiger partial charge in [0.2, 0.25) is 5.12 Å². The van der Waals surface area contributed by atoms with E-state index in [0.717, 1.165) is 0 Å². The zero-order valence-corrected chi connectivity index (χ0v) is 10.1. The van der Waals surface area contributed by atoms with Crippen molar-refractivity contribution < 1.29 is 9.90 Å². The van der Waals surface area contributed by atoms with Crippen molar-refractivity contribution in [1.82, 2.24) is 0 Å². The van der Waals surface area contributed by atoms with Gasteiger partial charge < -0.3 is 5.11 Å². The molecule has 1 aromatic rings. The molecule has 4 heteroatoms. The number of hydrogen-bond acceptors (Lipinski definition) is 4. The van der Waals surface area contributed by atoms with Crippen molar-refractivity contribution in [3.63, 3.8) is 0 Å². The molecule has 0 aliphatic rings. The monoisotopic (exact) mass is 230 g/mol. The SMILES string of the molecule is CC(C)(C)SC(=O)[C@H](O)c1cccs1. The van der Waals surface area contributed by atoms with Crippen LogP contribution >= 0.6 is 23.1 Å². The minimum absolute atomic E-state index is 0.144. The number of carbonyl (C=O) groups is 1. The molecule has 1 heterocycles. The van der Waals surface area contributed by atoms with Gasteiger partial charge in [0.15, 0.2) is 6.10 Å². The second-order valence-corrected chi connectivity index (χ2v) is 6.76. The number of hydrogen-bond donors (Lipinski definition) is 1. The molecule has 0 aromatic carbocycles. The highest BCUT2D eigenvalue weighted by molar-refractivity contribution is 8.14. The molecular weight excluding hydrogens is 216 g/mol. The van der Waals surface area contributed by atoms with E-state index in [-0.39, 0.29) is 9.86 Å². The van der Waals surface area contributed by atoms with Gasteiger partial charge in [0.05, 0.1) is 0 Å². The third kappa shape index (κ3) is 3.44. The zero-order chi connectivity index (χ0) is 10.8. The van der Waals surface area contributed by atoms with E-state index in [9.17, 15) is 9.90 Å². The van der Waals surface area contributed by atoms with Crippen LogP contribution in [-0.4, -0.2) is 15.0 Å². The molecule has 1 N–H and O–H groups in total. The first-order chi connectivity index (χ1) is 6.40. The lowest BCUT2D eigenvalue weighted by molar-refractivity contribution is -0.118. The van der Waals surface area contributed by atoms with Gasteiger partial charge >= 0.3 is 0 Å². The number of thioether (sulfide) groups is 1. The van der Waals surface area contributed by atoms with Crippen LogP contribution in [0.3, 0.4) is 0 Å². The van der Waals surface area contributed by atoms with E-state index in [1.807, 2.05) is 32.2 Å². The second-order valence-electron chi connectivity index (χ2n) is 3.95. The molecule has 78 valence electrons. The van der Waals surface area contributed by atoms with E-state index >= 15 is 0 Å². The van der Waals surface area contributed by atoms with Crippen LogP contribution in [0.1, 0.15) is 31.8 Å².